The minimum absolute atomic E-state index is 0.0432. The van der Waals surface area contributed by atoms with E-state index in [1.54, 1.807) is 25.1 Å². The number of aromatic amines is 1. The zero-order valence-electron chi connectivity index (χ0n) is 15.2. The van der Waals surface area contributed by atoms with E-state index in [4.69, 9.17) is 0 Å². The molecule has 1 amide bonds. The number of fused-ring (bicyclic) bond motifs is 1. The molecule has 0 spiro atoms. The number of aryl methyl sites for hydroxylation is 1. The summed E-state index contributed by atoms with van der Waals surface area (Å²) in [7, 11) is 0. The van der Waals surface area contributed by atoms with Crippen molar-refractivity contribution in [3.8, 4) is 5.75 Å². The normalized spacial score (nSPS) is 11.1. The van der Waals surface area contributed by atoms with Gasteiger partial charge < -0.3 is 19.6 Å². The summed E-state index contributed by atoms with van der Waals surface area (Å²) in [5.41, 5.74) is -0.0115. The van der Waals surface area contributed by atoms with Crippen molar-refractivity contribution in [2.75, 3.05) is 0 Å². The first-order chi connectivity index (χ1) is 13.8. The number of amides is 1. The van der Waals surface area contributed by atoms with Crippen molar-refractivity contribution in [1.29, 1.82) is 0 Å². The standard InChI is InChI=1S/C19H16BrF2N3O4/c1-2-25-14-5-3-10(8-13(14)24-17(27)18(25)28)16(26)23-9-11-7-12(20)4-6-15(11)29-19(21)22/h3-8,19H,2,9H2,1H3,(H,23,26)(H,24,27). The molecule has 2 N–H and O–H groups in total. The lowest BCUT2D eigenvalue weighted by Crippen LogP contribution is -2.36. The zero-order valence-corrected chi connectivity index (χ0v) is 16.8. The van der Waals surface area contributed by atoms with Crippen molar-refractivity contribution in [3.63, 3.8) is 0 Å². The number of rotatable bonds is 6. The summed E-state index contributed by atoms with van der Waals surface area (Å²) >= 11 is 3.25. The van der Waals surface area contributed by atoms with Crippen LogP contribution in [0.3, 0.4) is 0 Å². The third-order valence-electron chi connectivity index (χ3n) is 4.23. The van der Waals surface area contributed by atoms with Crippen molar-refractivity contribution >= 4 is 32.9 Å². The molecule has 1 heterocycles. The fourth-order valence-corrected chi connectivity index (χ4v) is 3.32. The lowest BCUT2D eigenvalue weighted by Gasteiger charge is -2.13. The molecule has 0 bridgehead atoms. The lowest BCUT2D eigenvalue weighted by atomic mass is 10.1. The van der Waals surface area contributed by atoms with Crippen molar-refractivity contribution in [3.05, 3.63) is 72.7 Å². The number of halogens is 3. The molecule has 0 fully saturated rings. The molecule has 0 atom stereocenters. The highest BCUT2D eigenvalue weighted by Crippen LogP contribution is 2.25. The van der Waals surface area contributed by atoms with Gasteiger partial charge in [-0.3, -0.25) is 14.4 Å². The van der Waals surface area contributed by atoms with Crippen LogP contribution in [0, 0.1) is 0 Å². The van der Waals surface area contributed by atoms with E-state index in [1.807, 2.05) is 0 Å². The second-order valence-corrected chi connectivity index (χ2v) is 6.96. The minimum Gasteiger partial charge on any atom is -0.434 e. The molecular formula is C19H16BrF2N3O4. The van der Waals surface area contributed by atoms with Crippen LogP contribution in [0.25, 0.3) is 11.0 Å². The Morgan fingerprint density at radius 1 is 1.24 bits per heavy atom. The molecule has 3 rings (SSSR count). The molecule has 29 heavy (non-hydrogen) atoms. The molecule has 0 aliphatic heterocycles. The number of alkyl halides is 2. The largest absolute Gasteiger partial charge is 0.434 e. The lowest BCUT2D eigenvalue weighted by molar-refractivity contribution is -0.0504. The Labute approximate surface area is 171 Å². The fourth-order valence-electron chi connectivity index (χ4n) is 2.91. The van der Waals surface area contributed by atoms with Gasteiger partial charge in [-0.1, -0.05) is 15.9 Å². The molecule has 7 nitrogen and oxygen atoms in total. The molecule has 0 aliphatic rings. The average Bonchev–Trinajstić information content (AvgIpc) is 2.68. The third kappa shape index (κ3) is 4.53. The Morgan fingerprint density at radius 2 is 2.00 bits per heavy atom. The number of aromatic nitrogens is 2. The van der Waals surface area contributed by atoms with Crippen LogP contribution in [0.1, 0.15) is 22.8 Å². The summed E-state index contributed by atoms with van der Waals surface area (Å²) in [6.07, 6.45) is 0. The van der Waals surface area contributed by atoms with Gasteiger partial charge in [-0.05, 0) is 43.3 Å². The van der Waals surface area contributed by atoms with Crippen LogP contribution in [0.15, 0.2) is 50.5 Å². The predicted molar refractivity (Wildman–Crippen MR) is 106 cm³/mol. The summed E-state index contributed by atoms with van der Waals surface area (Å²) in [6, 6.07) is 9.03. The monoisotopic (exact) mass is 467 g/mol. The van der Waals surface area contributed by atoms with Gasteiger partial charge in [0, 0.05) is 28.7 Å². The summed E-state index contributed by atoms with van der Waals surface area (Å²) in [5.74, 6) is -0.525. The van der Waals surface area contributed by atoms with E-state index in [-0.39, 0.29) is 17.9 Å². The van der Waals surface area contributed by atoms with Crippen molar-refractivity contribution in [2.24, 2.45) is 0 Å². The van der Waals surface area contributed by atoms with E-state index in [0.717, 1.165) is 0 Å². The third-order valence-corrected chi connectivity index (χ3v) is 4.72. The van der Waals surface area contributed by atoms with E-state index in [1.165, 1.54) is 22.8 Å². The molecule has 10 heteroatoms. The van der Waals surface area contributed by atoms with Crippen LogP contribution in [0.2, 0.25) is 0 Å². The molecule has 2 aromatic carbocycles. The number of carbonyl (C=O) groups is 1. The molecule has 0 radical (unpaired) electrons. The van der Waals surface area contributed by atoms with Crippen LogP contribution < -0.4 is 21.2 Å². The molecule has 3 aromatic rings. The zero-order chi connectivity index (χ0) is 21.1. The van der Waals surface area contributed by atoms with E-state index < -0.39 is 23.6 Å². The maximum Gasteiger partial charge on any atom is 0.387 e. The number of nitrogens with one attached hydrogen (secondary N) is 2. The first-order valence-corrected chi connectivity index (χ1v) is 9.37. The van der Waals surface area contributed by atoms with Crippen LogP contribution in [-0.2, 0) is 13.1 Å². The Balaban J connectivity index is 1.86. The number of hydrogen-bond acceptors (Lipinski definition) is 4. The van der Waals surface area contributed by atoms with E-state index in [9.17, 15) is 23.2 Å². The maximum atomic E-state index is 12.6. The number of hydrogen-bond donors (Lipinski definition) is 2. The smallest absolute Gasteiger partial charge is 0.387 e. The Kier molecular flexibility index (Phi) is 6.12. The molecule has 0 saturated carbocycles. The molecule has 152 valence electrons. The van der Waals surface area contributed by atoms with Gasteiger partial charge in [0.05, 0.1) is 11.0 Å². The van der Waals surface area contributed by atoms with E-state index in [2.05, 4.69) is 31.0 Å². The number of H-pyrrole nitrogens is 1. The topological polar surface area (TPSA) is 93.2 Å². The summed E-state index contributed by atoms with van der Waals surface area (Å²) in [4.78, 5) is 38.7. The molecule has 1 aromatic heterocycles. The Bertz CT molecular complexity index is 1190. The highest BCUT2D eigenvalue weighted by molar-refractivity contribution is 9.10. The number of nitrogens with zero attached hydrogens (tertiary/aromatic N) is 1. The van der Waals surface area contributed by atoms with Gasteiger partial charge in [0.25, 0.3) is 5.91 Å². The maximum absolute atomic E-state index is 12.6. The van der Waals surface area contributed by atoms with Crippen LogP contribution in [0.5, 0.6) is 5.75 Å². The van der Waals surface area contributed by atoms with Crippen LogP contribution in [0.4, 0.5) is 8.78 Å². The number of benzene rings is 2. The van der Waals surface area contributed by atoms with Gasteiger partial charge in [-0.15, -0.1) is 0 Å². The predicted octanol–water partition coefficient (Wildman–Crippen LogP) is 3.00. The van der Waals surface area contributed by atoms with E-state index in [0.29, 0.717) is 27.6 Å². The average molecular weight is 468 g/mol. The van der Waals surface area contributed by atoms with Crippen molar-refractivity contribution in [1.82, 2.24) is 14.9 Å². The molecule has 0 aliphatic carbocycles. The Morgan fingerprint density at radius 3 is 2.69 bits per heavy atom. The second-order valence-electron chi connectivity index (χ2n) is 6.05. The van der Waals surface area contributed by atoms with Gasteiger partial charge in [0.2, 0.25) is 0 Å². The summed E-state index contributed by atoms with van der Waals surface area (Å²) in [5, 5.41) is 2.63. The van der Waals surface area contributed by atoms with Crippen LogP contribution >= 0.6 is 15.9 Å². The first-order valence-electron chi connectivity index (χ1n) is 8.58. The molecular weight excluding hydrogens is 452 g/mol. The highest BCUT2D eigenvalue weighted by Gasteiger charge is 2.14. The first kappa shape index (κ1) is 20.7. The molecule has 0 saturated heterocycles. The molecule has 0 unspecified atom stereocenters. The summed E-state index contributed by atoms with van der Waals surface area (Å²) in [6.45, 7) is -0.999. The number of ether oxygens (including phenoxy) is 1. The minimum atomic E-state index is -2.99. The second kappa shape index (κ2) is 8.56. The quantitative estimate of drug-likeness (QED) is 0.545. The van der Waals surface area contributed by atoms with Crippen molar-refractivity contribution in [2.45, 2.75) is 26.6 Å². The van der Waals surface area contributed by atoms with Crippen LogP contribution in [-0.4, -0.2) is 22.1 Å². The van der Waals surface area contributed by atoms with Crippen molar-refractivity contribution < 1.29 is 18.3 Å². The van der Waals surface area contributed by atoms with Gasteiger partial charge in [0.1, 0.15) is 5.75 Å². The number of carbonyl (C=O) groups excluding carboxylic acids is 1. The Hall–Kier alpha value is -3.01. The van der Waals surface area contributed by atoms with Gasteiger partial charge >= 0.3 is 17.7 Å². The van der Waals surface area contributed by atoms with Gasteiger partial charge in [-0.25, -0.2) is 0 Å². The highest BCUT2D eigenvalue weighted by atomic mass is 79.9. The summed E-state index contributed by atoms with van der Waals surface area (Å²) < 4.78 is 31.5. The van der Waals surface area contributed by atoms with E-state index >= 15 is 0 Å². The van der Waals surface area contributed by atoms with Gasteiger partial charge in [-0.2, -0.15) is 8.78 Å². The van der Waals surface area contributed by atoms with Gasteiger partial charge in [0.15, 0.2) is 0 Å². The fraction of sp³-hybridized carbons (Fsp3) is 0.211. The SMILES string of the molecule is CCn1c(=O)c(=O)[nH]c2cc(C(=O)NCc3cc(Br)ccc3OC(F)F)ccc21.